The van der Waals surface area contributed by atoms with E-state index in [2.05, 4.69) is 20.3 Å². The molecule has 1 aliphatic heterocycles. The summed E-state index contributed by atoms with van der Waals surface area (Å²) in [5, 5.41) is 8.61. The lowest BCUT2D eigenvalue weighted by atomic mass is 10.1. The highest BCUT2D eigenvalue weighted by Crippen LogP contribution is 2.34. The summed E-state index contributed by atoms with van der Waals surface area (Å²) in [4.78, 5) is 32.8. The number of hydrogen-bond donors (Lipinski definition) is 1. The molecule has 3 aromatic heterocycles. The first-order valence-electron chi connectivity index (χ1n) is 10.8. The smallest absolute Gasteiger partial charge is 0.294 e. The van der Waals surface area contributed by atoms with E-state index >= 15 is 0 Å². The molecule has 4 heterocycles. The van der Waals surface area contributed by atoms with Gasteiger partial charge in [0.1, 0.15) is 12.2 Å². The minimum Gasteiger partial charge on any atom is -0.463 e. The van der Waals surface area contributed by atoms with Gasteiger partial charge in [-0.05, 0) is 56.0 Å². The fraction of sp³-hybridized carbons (Fsp3) is 0.304. The van der Waals surface area contributed by atoms with E-state index in [1.165, 1.54) is 17.8 Å². The molecule has 170 valence electrons. The number of carbonyl (C=O) groups excluding carboxylic acids is 1. The van der Waals surface area contributed by atoms with Crippen molar-refractivity contribution in [1.29, 1.82) is 0 Å². The van der Waals surface area contributed by atoms with Gasteiger partial charge >= 0.3 is 0 Å². The van der Waals surface area contributed by atoms with Gasteiger partial charge in [0.05, 0.1) is 11.0 Å². The molecular weight excluding hydrogens is 462 g/mol. The van der Waals surface area contributed by atoms with Crippen molar-refractivity contribution in [3.05, 3.63) is 57.5 Å². The maximum atomic E-state index is 13.2. The van der Waals surface area contributed by atoms with Crippen LogP contribution in [-0.2, 0) is 11.3 Å². The lowest BCUT2D eigenvalue weighted by Gasteiger charge is -2.25. The number of nitrogens with zero attached hydrogens (tertiary/aromatic N) is 4. The molecule has 0 saturated carbocycles. The molecule has 0 aliphatic carbocycles. The number of rotatable bonds is 5. The van der Waals surface area contributed by atoms with Gasteiger partial charge in [0, 0.05) is 23.8 Å². The van der Waals surface area contributed by atoms with Gasteiger partial charge in [-0.2, -0.15) is 5.10 Å². The fourth-order valence-electron chi connectivity index (χ4n) is 3.86. The van der Waals surface area contributed by atoms with Crippen LogP contribution in [0.2, 0.25) is 5.02 Å². The number of furan rings is 1. The van der Waals surface area contributed by atoms with Crippen molar-refractivity contribution >= 4 is 49.9 Å². The Morgan fingerprint density at radius 2 is 2.06 bits per heavy atom. The van der Waals surface area contributed by atoms with Crippen molar-refractivity contribution in [3.63, 3.8) is 0 Å². The number of amides is 1. The summed E-state index contributed by atoms with van der Waals surface area (Å²) in [6, 6.07) is 8.80. The molecule has 0 radical (unpaired) electrons. The minimum absolute atomic E-state index is 0.259. The zero-order valence-electron chi connectivity index (χ0n) is 18.0. The van der Waals surface area contributed by atoms with Gasteiger partial charge in [-0.25, -0.2) is 9.67 Å². The number of benzene rings is 1. The quantitative estimate of drug-likeness (QED) is 0.442. The van der Waals surface area contributed by atoms with E-state index in [1.54, 1.807) is 30.5 Å². The second-order valence-corrected chi connectivity index (χ2v) is 9.41. The summed E-state index contributed by atoms with van der Waals surface area (Å²) in [5.74, 6) is 0.133. The number of piperidine rings is 1. The van der Waals surface area contributed by atoms with E-state index in [9.17, 15) is 9.59 Å². The second kappa shape index (κ2) is 8.99. The van der Waals surface area contributed by atoms with Crippen LogP contribution < -0.4 is 15.8 Å². The predicted molar refractivity (Wildman–Crippen MR) is 130 cm³/mol. The van der Waals surface area contributed by atoms with Crippen LogP contribution in [-0.4, -0.2) is 33.8 Å². The predicted octanol–water partition coefficient (Wildman–Crippen LogP) is 4.70. The fourth-order valence-corrected chi connectivity index (χ4v) is 5.14. The summed E-state index contributed by atoms with van der Waals surface area (Å²) in [6.07, 6.45) is 4.96. The first-order chi connectivity index (χ1) is 16.0. The Morgan fingerprint density at radius 3 is 2.79 bits per heavy atom. The molecule has 0 atom stereocenters. The van der Waals surface area contributed by atoms with Crippen LogP contribution in [0.25, 0.3) is 21.7 Å². The molecule has 1 N–H and O–H groups in total. The molecule has 10 heteroatoms. The summed E-state index contributed by atoms with van der Waals surface area (Å²) >= 11 is 7.59. The number of fused-ring (bicyclic) bond motifs is 1. The van der Waals surface area contributed by atoms with Crippen LogP contribution in [0, 0.1) is 6.92 Å². The van der Waals surface area contributed by atoms with Crippen LogP contribution >= 0.6 is 22.9 Å². The number of halogens is 1. The zero-order valence-corrected chi connectivity index (χ0v) is 19.6. The number of hydrogen-bond acceptors (Lipinski definition) is 7. The van der Waals surface area contributed by atoms with E-state index in [1.807, 2.05) is 13.0 Å². The van der Waals surface area contributed by atoms with Crippen molar-refractivity contribution < 1.29 is 9.21 Å². The molecule has 0 unspecified atom stereocenters. The zero-order chi connectivity index (χ0) is 22.9. The number of aryl methyl sites for hydroxylation is 1. The second-order valence-electron chi connectivity index (χ2n) is 8.02. The maximum Gasteiger partial charge on any atom is 0.294 e. The summed E-state index contributed by atoms with van der Waals surface area (Å²) < 4.78 is 7.38. The third-order valence-electron chi connectivity index (χ3n) is 5.62. The van der Waals surface area contributed by atoms with Crippen LogP contribution in [0.5, 0.6) is 0 Å². The first kappa shape index (κ1) is 21.7. The molecule has 0 bridgehead atoms. The standard InChI is InChI=1S/C23H22ClN5O3S/c1-14-7-8-15(12-16(14)24)25-18(30)13-29-22(31)20-21(19(27-29)17-6-5-11-32-17)33-23(26-20)28-9-3-2-4-10-28/h5-8,11-12H,2-4,9-10,13H2,1H3,(H,25,30). The number of aromatic nitrogens is 3. The van der Waals surface area contributed by atoms with Gasteiger partial charge in [-0.15, -0.1) is 0 Å². The third-order valence-corrected chi connectivity index (χ3v) is 7.15. The summed E-state index contributed by atoms with van der Waals surface area (Å²) in [5.41, 5.74) is 1.86. The van der Waals surface area contributed by atoms with E-state index in [4.69, 9.17) is 16.0 Å². The molecule has 1 fully saturated rings. The van der Waals surface area contributed by atoms with Gasteiger partial charge in [0.15, 0.2) is 16.4 Å². The van der Waals surface area contributed by atoms with Crippen molar-refractivity contribution in [3.8, 4) is 11.5 Å². The van der Waals surface area contributed by atoms with Gasteiger partial charge in [-0.3, -0.25) is 9.59 Å². The monoisotopic (exact) mass is 483 g/mol. The molecular formula is C23H22ClN5O3S. The summed E-state index contributed by atoms with van der Waals surface area (Å²) in [6.45, 7) is 3.46. The molecule has 1 amide bonds. The average molecular weight is 484 g/mol. The van der Waals surface area contributed by atoms with Gasteiger partial charge in [-0.1, -0.05) is 29.0 Å². The molecule has 4 aromatic rings. The normalized spacial score (nSPS) is 14.1. The lowest BCUT2D eigenvalue weighted by molar-refractivity contribution is -0.117. The van der Waals surface area contributed by atoms with Gasteiger partial charge in [0.2, 0.25) is 5.91 Å². The van der Waals surface area contributed by atoms with Crippen LogP contribution in [0.15, 0.2) is 45.8 Å². The first-order valence-corrected chi connectivity index (χ1v) is 12.0. The molecule has 33 heavy (non-hydrogen) atoms. The Kier molecular flexibility index (Phi) is 5.90. The van der Waals surface area contributed by atoms with Gasteiger partial charge < -0.3 is 14.6 Å². The Bertz CT molecular complexity index is 1370. The molecule has 1 saturated heterocycles. The number of carbonyl (C=O) groups is 1. The van der Waals surface area contributed by atoms with Crippen molar-refractivity contribution in [2.45, 2.75) is 32.7 Å². The van der Waals surface area contributed by atoms with E-state index in [0.717, 1.165) is 41.3 Å². The van der Waals surface area contributed by atoms with Crippen LogP contribution in [0.1, 0.15) is 24.8 Å². The Labute approximate surface area is 198 Å². The minimum atomic E-state index is -0.406. The number of nitrogens with one attached hydrogen (secondary N) is 1. The molecule has 1 aliphatic rings. The highest BCUT2D eigenvalue weighted by Gasteiger charge is 2.23. The molecule has 0 spiro atoms. The number of anilines is 2. The lowest BCUT2D eigenvalue weighted by Crippen LogP contribution is -2.30. The SMILES string of the molecule is Cc1ccc(NC(=O)Cn2nc(-c3ccco3)c3sc(N4CCCCC4)nc3c2=O)cc1Cl. The van der Waals surface area contributed by atoms with Crippen LogP contribution in [0.4, 0.5) is 10.8 Å². The van der Waals surface area contributed by atoms with E-state index in [-0.39, 0.29) is 12.5 Å². The third kappa shape index (κ3) is 4.38. The maximum absolute atomic E-state index is 13.2. The van der Waals surface area contributed by atoms with Crippen molar-refractivity contribution in [2.75, 3.05) is 23.3 Å². The van der Waals surface area contributed by atoms with E-state index in [0.29, 0.717) is 32.4 Å². The van der Waals surface area contributed by atoms with Crippen molar-refractivity contribution in [1.82, 2.24) is 14.8 Å². The highest BCUT2D eigenvalue weighted by atomic mass is 35.5. The molecule has 5 rings (SSSR count). The van der Waals surface area contributed by atoms with Gasteiger partial charge in [0.25, 0.3) is 5.56 Å². The highest BCUT2D eigenvalue weighted by molar-refractivity contribution is 7.22. The Hall–Kier alpha value is -3.17. The average Bonchev–Trinajstić information content (AvgIpc) is 3.50. The molecule has 8 nitrogen and oxygen atoms in total. The van der Waals surface area contributed by atoms with Crippen molar-refractivity contribution in [2.24, 2.45) is 0 Å². The largest absolute Gasteiger partial charge is 0.463 e. The Morgan fingerprint density at radius 1 is 1.24 bits per heavy atom. The Balaban J connectivity index is 1.51. The topological polar surface area (TPSA) is 93.3 Å². The van der Waals surface area contributed by atoms with Crippen LogP contribution in [0.3, 0.4) is 0 Å². The van der Waals surface area contributed by atoms with E-state index < -0.39 is 5.56 Å². The number of thiazole rings is 1. The summed E-state index contributed by atoms with van der Waals surface area (Å²) in [7, 11) is 0. The molecule has 1 aromatic carbocycles.